The summed E-state index contributed by atoms with van der Waals surface area (Å²) in [5.74, 6) is -1.32. The van der Waals surface area contributed by atoms with E-state index in [-0.39, 0.29) is 59.7 Å². The van der Waals surface area contributed by atoms with E-state index >= 15 is 0 Å². The lowest BCUT2D eigenvalue weighted by molar-refractivity contribution is -0.116. The number of aromatic nitrogens is 4. The fourth-order valence-electron chi connectivity index (χ4n) is 6.06. The molecule has 2 aliphatic heterocycles. The molecule has 2 aliphatic rings. The standard InChI is InChI=1S/C35H38N8O9/c1-40-17-20(12-25(40)32(45)39-29-19-42(3)31(38-29)35(48)52-22-13-26(34(47)50-5)41(2)18-22)37-30(44)9-7-11-51-28-15-24-23(14-27(28)49-4)33(46)43-10-6-8-21(43)16-36-24/h12-19,21H,6-11H2,1-5H3,(H,37,44)(H,39,45)/t21-/m0/s1. The number of rotatable bonds is 12. The SMILES string of the molecule is COC(=O)c1cc(OC(=O)c2nc(NC(=O)c3cc(NC(=O)CCCOc4cc5c(cc4OC)C(=O)N4CCC[C@H]4C=N5)cn3C)cn2C)cn1C. The van der Waals surface area contributed by atoms with Crippen molar-refractivity contribution in [2.45, 2.75) is 31.7 Å². The molecular formula is C35H38N8O9. The zero-order valence-electron chi connectivity index (χ0n) is 29.3. The molecule has 1 atom stereocenters. The maximum absolute atomic E-state index is 13.1. The van der Waals surface area contributed by atoms with Gasteiger partial charge in [0.1, 0.15) is 17.1 Å². The first-order valence-electron chi connectivity index (χ1n) is 16.4. The Hall–Kier alpha value is -6.39. The van der Waals surface area contributed by atoms with Gasteiger partial charge in [0.15, 0.2) is 17.3 Å². The molecule has 272 valence electrons. The molecule has 3 amide bonds. The lowest BCUT2D eigenvalue weighted by Gasteiger charge is -2.20. The molecule has 6 rings (SSSR count). The highest BCUT2D eigenvalue weighted by atomic mass is 16.5. The van der Waals surface area contributed by atoms with E-state index < -0.39 is 17.8 Å². The Morgan fingerprint density at radius 2 is 1.69 bits per heavy atom. The number of ether oxygens (including phenoxy) is 4. The average molecular weight is 715 g/mol. The smallest absolute Gasteiger partial charge is 0.380 e. The van der Waals surface area contributed by atoms with Crippen LogP contribution in [-0.4, -0.2) is 92.9 Å². The van der Waals surface area contributed by atoms with Crippen LogP contribution in [0.1, 0.15) is 67.6 Å². The van der Waals surface area contributed by atoms with E-state index in [1.165, 1.54) is 47.9 Å². The predicted molar refractivity (Wildman–Crippen MR) is 187 cm³/mol. The third-order valence-electron chi connectivity index (χ3n) is 8.67. The van der Waals surface area contributed by atoms with Crippen molar-refractivity contribution in [2.75, 3.05) is 38.0 Å². The zero-order chi connectivity index (χ0) is 37.1. The van der Waals surface area contributed by atoms with Crippen LogP contribution in [-0.2, 0) is 30.7 Å². The first-order chi connectivity index (χ1) is 24.9. The molecule has 1 fully saturated rings. The van der Waals surface area contributed by atoms with E-state index in [0.717, 1.165) is 12.8 Å². The maximum Gasteiger partial charge on any atom is 0.380 e. The molecule has 4 aromatic rings. The number of carbonyl (C=O) groups is 5. The summed E-state index contributed by atoms with van der Waals surface area (Å²) >= 11 is 0. The number of amides is 3. The van der Waals surface area contributed by atoms with Crippen LogP contribution in [0.4, 0.5) is 17.2 Å². The number of imidazole rings is 1. The molecule has 17 nitrogen and oxygen atoms in total. The van der Waals surface area contributed by atoms with Gasteiger partial charge in [-0.3, -0.25) is 19.4 Å². The summed E-state index contributed by atoms with van der Waals surface area (Å²) in [6.07, 6.45) is 8.65. The van der Waals surface area contributed by atoms with Crippen LogP contribution in [0.25, 0.3) is 0 Å². The number of aliphatic imine (C=N–C) groups is 1. The van der Waals surface area contributed by atoms with Crippen LogP contribution in [0.5, 0.6) is 17.2 Å². The Kier molecular flexibility index (Phi) is 10.1. The van der Waals surface area contributed by atoms with Gasteiger partial charge in [-0.25, -0.2) is 14.6 Å². The van der Waals surface area contributed by atoms with Gasteiger partial charge in [0, 0.05) is 71.0 Å². The minimum absolute atomic E-state index is 0.0108. The summed E-state index contributed by atoms with van der Waals surface area (Å²) in [5, 5.41) is 5.44. The van der Waals surface area contributed by atoms with E-state index in [1.54, 1.807) is 44.0 Å². The topological polar surface area (TPSA) is 190 Å². The van der Waals surface area contributed by atoms with E-state index in [9.17, 15) is 24.0 Å². The first-order valence-corrected chi connectivity index (χ1v) is 16.4. The number of carbonyl (C=O) groups excluding carboxylic acids is 5. The summed E-state index contributed by atoms with van der Waals surface area (Å²) < 4.78 is 25.9. The molecule has 3 aromatic heterocycles. The van der Waals surface area contributed by atoms with Crippen molar-refractivity contribution in [3.8, 4) is 17.2 Å². The fourth-order valence-corrected chi connectivity index (χ4v) is 6.06. The second-order valence-corrected chi connectivity index (χ2v) is 12.3. The second-order valence-electron chi connectivity index (χ2n) is 12.3. The summed E-state index contributed by atoms with van der Waals surface area (Å²) in [7, 11) is 7.57. The molecule has 52 heavy (non-hydrogen) atoms. The molecule has 0 spiro atoms. The molecule has 1 aromatic carbocycles. The number of esters is 2. The number of hydrogen-bond donors (Lipinski definition) is 2. The fraction of sp³-hybridized carbons (Fsp3) is 0.343. The van der Waals surface area contributed by atoms with Gasteiger partial charge in [-0.2, -0.15) is 0 Å². The minimum Gasteiger partial charge on any atom is -0.493 e. The van der Waals surface area contributed by atoms with Crippen LogP contribution in [0.3, 0.4) is 0 Å². The zero-order valence-corrected chi connectivity index (χ0v) is 29.3. The summed E-state index contributed by atoms with van der Waals surface area (Å²) in [6.45, 7) is 0.900. The minimum atomic E-state index is -0.803. The van der Waals surface area contributed by atoms with Gasteiger partial charge in [-0.15, -0.1) is 0 Å². The molecule has 0 aliphatic carbocycles. The molecule has 0 bridgehead atoms. The van der Waals surface area contributed by atoms with Crippen LogP contribution in [0, 0.1) is 0 Å². The third kappa shape index (κ3) is 7.38. The van der Waals surface area contributed by atoms with Crippen molar-refractivity contribution in [1.29, 1.82) is 0 Å². The van der Waals surface area contributed by atoms with Crippen molar-refractivity contribution in [2.24, 2.45) is 26.1 Å². The quantitative estimate of drug-likeness (QED) is 0.162. The van der Waals surface area contributed by atoms with Gasteiger partial charge in [0.2, 0.25) is 11.7 Å². The molecule has 2 N–H and O–H groups in total. The number of anilines is 2. The molecule has 0 unspecified atom stereocenters. The van der Waals surface area contributed by atoms with Crippen molar-refractivity contribution >= 4 is 53.1 Å². The molecule has 1 saturated heterocycles. The van der Waals surface area contributed by atoms with Crippen LogP contribution in [0.15, 0.2) is 47.8 Å². The highest BCUT2D eigenvalue weighted by molar-refractivity contribution is 6.05. The van der Waals surface area contributed by atoms with Gasteiger partial charge in [0.25, 0.3) is 11.8 Å². The Bertz CT molecular complexity index is 2090. The van der Waals surface area contributed by atoms with E-state index in [1.807, 2.05) is 11.1 Å². The Morgan fingerprint density at radius 1 is 0.904 bits per heavy atom. The summed E-state index contributed by atoms with van der Waals surface area (Å²) in [5.41, 5.74) is 1.81. The normalized spacial score (nSPS) is 14.7. The summed E-state index contributed by atoms with van der Waals surface area (Å²) in [6, 6.07) is 6.21. The number of fused-ring (bicyclic) bond motifs is 2. The number of aryl methyl sites for hydroxylation is 3. The van der Waals surface area contributed by atoms with E-state index in [0.29, 0.717) is 41.4 Å². The van der Waals surface area contributed by atoms with E-state index in [4.69, 9.17) is 18.9 Å². The van der Waals surface area contributed by atoms with Crippen molar-refractivity contribution in [1.82, 2.24) is 23.6 Å². The Labute approximate surface area is 298 Å². The summed E-state index contributed by atoms with van der Waals surface area (Å²) in [4.78, 5) is 74.2. The number of methoxy groups -OCH3 is 2. The highest BCUT2D eigenvalue weighted by Crippen LogP contribution is 2.38. The Balaban J connectivity index is 1.00. The van der Waals surface area contributed by atoms with Gasteiger partial charge in [-0.1, -0.05) is 0 Å². The maximum atomic E-state index is 13.1. The van der Waals surface area contributed by atoms with Gasteiger partial charge < -0.3 is 48.2 Å². The highest BCUT2D eigenvalue weighted by Gasteiger charge is 2.32. The number of hydrogen-bond acceptors (Lipinski definition) is 11. The lowest BCUT2D eigenvalue weighted by atomic mass is 10.1. The number of nitrogens with one attached hydrogen (secondary N) is 2. The Morgan fingerprint density at radius 3 is 2.46 bits per heavy atom. The monoisotopic (exact) mass is 714 g/mol. The molecular weight excluding hydrogens is 676 g/mol. The van der Waals surface area contributed by atoms with Crippen molar-refractivity contribution in [3.63, 3.8) is 0 Å². The van der Waals surface area contributed by atoms with E-state index in [2.05, 4.69) is 20.6 Å². The number of benzene rings is 1. The molecule has 5 heterocycles. The average Bonchev–Trinajstić information content (AvgIpc) is 3.90. The number of nitrogens with zero attached hydrogens (tertiary/aromatic N) is 6. The molecule has 0 saturated carbocycles. The predicted octanol–water partition coefficient (Wildman–Crippen LogP) is 3.48. The lowest BCUT2D eigenvalue weighted by Crippen LogP contribution is -2.35. The van der Waals surface area contributed by atoms with Crippen molar-refractivity contribution < 1.29 is 42.9 Å². The molecule has 17 heteroatoms. The van der Waals surface area contributed by atoms with Gasteiger partial charge in [0.05, 0.1) is 43.8 Å². The van der Waals surface area contributed by atoms with Gasteiger partial charge >= 0.3 is 11.9 Å². The van der Waals surface area contributed by atoms with Crippen LogP contribution in [0.2, 0.25) is 0 Å². The van der Waals surface area contributed by atoms with Gasteiger partial charge in [-0.05, 0) is 31.4 Å². The first kappa shape index (κ1) is 35.4. The molecule has 0 radical (unpaired) electrons. The van der Waals surface area contributed by atoms with Crippen molar-refractivity contribution in [3.05, 3.63) is 65.6 Å². The second kappa shape index (κ2) is 14.8. The van der Waals surface area contributed by atoms with Crippen LogP contribution >= 0.6 is 0 Å². The third-order valence-corrected chi connectivity index (χ3v) is 8.67. The van der Waals surface area contributed by atoms with Crippen LogP contribution < -0.4 is 24.8 Å². The largest absolute Gasteiger partial charge is 0.493 e.